The van der Waals surface area contributed by atoms with Gasteiger partial charge < -0.3 is 8.83 Å². The van der Waals surface area contributed by atoms with Gasteiger partial charge in [0.15, 0.2) is 0 Å². The molecule has 0 atom stereocenters. The molecular formula is C21H30O3. The number of aryl methyl sites for hydroxylation is 4. The fraction of sp³-hybridized carbons (Fsp3) is 0.571. The normalized spacial score (nSPS) is 12.7. The van der Waals surface area contributed by atoms with Crippen molar-refractivity contribution < 1.29 is 13.6 Å². The number of carbonyl (C=O) groups is 1. The first-order valence-corrected chi connectivity index (χ1v) is 8.59. The van der Waals surface area contributed by atoms with Crippen molar-refractivity contribution in [1.82, 2.24) is 0 Å². The van der Waals surface area contributed by atoms with Gasteiger partial charge in [-0.1, -0.05) is 27.7 Å². The lowest BCUT2D eigenvalue weighted by Gasteiger charge is -2.32. The number of Topliss-reactive ketones (excluding diaryl/α,β-unsaturated/α-hetero) is 1. The van der Waals surface area contributed by atoms with Gasteiger partial charge in [-0.3, -0.25) is 4.79 Å². The van der Waals surface area contributed by atoms with Gasteiger partial charge in [0.1, 0.15) is 28.8 Å². The molecule has 0 aliphatic carbocycles. The third-order valence-electron chi connectivity index (χ3n) is 4.72. The Kier molecular flexibility index (Phi) is 4.85. The Morgan fingerprint density at radius 1 is 0.792 bits per heavy atom. The molecule has 2 aromatic rings. The SMILES string of the molecule is Cc1cc(C)c(CC(C)(C)C(=O)C(C)(C)Cc2oc(C)cc2C)o1. The molecule has 3 heteroatoms. The monoisotopic (exact) mass is 330 g/mol. The van der Waals surface area contributed by atoms with Gasteiger partial charge in [0, 0.05) is 23.7 Å². The van der Waals surface area contributed by atoms with Crippen molar-refractivity contribution >= 4 is 5.78 Å². The van der Waals surface area contributed by atoms with Crippen molar-refractivity contribution in [2.45, 2.75) is 68.2 Å². The Hall–Kier alpha value is -1.77. The Morgan fingerprint density at radius 2 is 1.12 bits per heavy atom. The van der Waals surface area contributed by atoms with Crippen LogP contribution in [0, 0.1) is 38.5 Å². The molecule has 0 aromatic carbocycles. The first-order chi connectivity index (χ1) is 10.9. The summed E-state index contributed by atoms with van der Waals surface area (Å²) in [6.45, 7) is 16.0. The van der Waals surface area contributed by atoms with Gasteiger partial charge in [0.25, 0.3) is 0 Å². The van der Waals surface area contributed by atoms with Gasteiger partial charge in [0.2, 0.25) is 0 Å². The van der Waals surface area contributed by atoms with E-state index in [1.165, 1.54) is 0 Å². The minimum Gasteiger partial charge on any atom is -0.466 e. The molecule has 0 saturated carbocycles. The summed E-state index contributed by atoms with van der Waals surface area (Å²) in [6, 6.07) is 4.05. The summed E-state index contributed by atoms with van der Waals surface area (Å²) in [5, 5.41) is 0. The third kappa shape index (κ3) is 3.82. The fourth-order valence-corrected chi connectivity index (χ4v) is 3.61. The second-order valence-corrected chi connectivity index (χ2v) is 8.38. The highest BCUT2D eigenvalue weighted by molar-refractivity contribution is 5.89. The van der Waals surface area contributed by atoms with E-state index < -0.39 is 10.8 Å². The predicted octanol–water partition coefficient (Wildman–Crippen LogP) is 5.51. The quantitative estimate of drug-likeness (QED) is 0.701. The molecule has 0 fully saturated rings. The van der Waals surface area contributed by atoms with Gasteiger partial charge in [-0.05, 0) is 51.0 Å². The zero-order valence-corrected chi connectivity index (χ0v) is 16.3. The Morgan fingerprint density at radius 3 is 1.38 bits per heavy atom. The molecule has 2 heterocycles. The van der Waals surface area contributed by atoms with Crippen molar-refractivity contribution in [2.24, 2.45) is 10.8 Å². The summed E-state index contributed by atoms with van der Waals surface area (Å²) in [5.74, 6) is 3.84. The topological polar surface area (TPSA) is 43.4 Å². The molecule has 0 bridgehead atoms. The number of carbonyl (C=O) groups excluding carboxylic acids is 1. The van der Waals surface area contributed by atoms with Crippen LogP contribution in [0.15, 0.2) is 21.0 Å². The van der Waals surface area contributed by atoms with Crippen LogP contribution in [-0.2, 0) is 17.6 Å². The zero-order chi connectivity index (χ0) is 18.3. The lowest BCUT2D eigenvalue weighted by Crippen LogP contribution is -2.39. The van der Waals surface area contributed by atoms with Crippen molar-refractivity contribution in [3.63, 3.8) is 0 Å². The van der Waals surface area contributed by atoms with E-state index >= 15 is 0 Å². The van der Waals surface area contributed by atoms with E-state index in [-0.39, 0.29) is 5.78 Å². The molecule has 0 saturated heterocycles. The second-order valence-electron chi connectivity index (χ2n) is 8.38. The first-order valence-electron chi connectivity index (χ1n) is 8.59. The average Bonchev–Trinajstić information content (AvgIpc) is 2.89. The summed E-state index contributed by atoms with van der Waals surface area (Å²) in [5.41, 5.74) is 1.25. The highest BCUT2D eigenvalue weighted by atomic mass is 16.3. The maximum absolute atomic E-state index is 13.2. The van der Waals surface area contributed by atoms with Crippen LogP contribution in [-0.4, -0.2) is 5.78 Å². The van der Waals surface area contributed by atoms with Gasteiger partial charge >= 0.3 is 0 Å². The molecule has 2 rings (SSSR count). The van der Waals surface area contributed by atoms with Crippen LogP contribution in [0.2, 0.25) is 0 Å². The van der Waals surface area contributed by atoms with E-state index in [9.17, 15) is 4.79 Å². The highest BCUT2D eigenvalue weighted by Crippen LogP contribution is 2.37. The molecule has 3 nitrogen and oxygen atoms in total. The zero-order valence-electron chi connectivity index (χ0n) is 16.3. The Labute approximate surface area is 145 Å². The number of rotatable bonds is 6. The molecule has 2 aromatic heterocycles. The lowest BCUT2D eigenvalue weighted by atomic mass is 9.69. The largest absolute Gasteiger partial charge is 0.466 e. The third-order valence-corrected chi connectivity index (χ3v) is 4.72. The number of furan rings is 2. The van der Waals surface area contributed by atoms with Crippen LogP contribution in [0.1, 0.15) is 61.9 Å². The van der Waals surface area contributed by atoms with Crippen molar-refractivity contribution in [3.8, 4) is 0 Å². The second kappa shape index (κ2) is 6.27. The summed E-state index contributed by atoms with van der Waals surface area (Å²) in [4.78, 5) is 13.2. The van der Waals surface area contributed by atoms with Crippen molar-refractivity contribution in [1.29, 1.82) is 0 Å². The van der Waals surface area contributed by atoms with Crippen LogP contribution >= 0.6 is 0 Å². The molecule has 0 radical (unpaired) electrons. The van der Waals surface area contributed by atoms with Gasteiger partial charge in [0.05, 0.1) is 0 Å². The average molecular weight is 330 g/mol. The first kappa shape index (κ1) is 18.6. The molecular weight excluding hydrogens is 300 g/mol. The predicted molar refractivity (Wildman–Crippen MR) is 96.3 cm³/mol. The summed E-state index contributed by atoms with van der Waals surface area (Å²) < 4.78 is 11.6. The highest BCUT2D eigenvalue weighted by Gasteiger charge is 2.40. The molecule has 24 heavy (non-hydrogen) atoms. The number of hydrogen-bond donors (Lipinski definition) is 0. The van der Waals surface area contributed by atoms with Gasteiger partial charge in [-0.15, -0.1) is 0 Å². The molecule has 0 aliphatic heterocycles. The van der Waals surface area contributed by atoms with E-state index in [1.54, 1.807) is 0 Å². The maximum atomic E-state index is 13.2. The molecule has 0 amide bonds. The number of ketones is 1. The van der Waals surface area contributed by atoms with Crippen LogP contribution in [0.4, 0.5) is 0 Å². The molecule has 0 spiro atoms. The molecule has 132 valence electrons. The minimum atomic E-state index is -0.492. The molecule has 0 N–H and O–H groups in total. The van der Waals surface area contributed by atoms with E-state index in [0.29, 0.717) is 12.8 Å². The molecule has 0 aliphatic rings. The maximum Gasteiger partial charge on any atom is 0.144 e. The lowest BCUT2D eigenvalue weighted by molar-refractivity contribution is -0.136. The molecule has 0 unspecified atom stereocenters. The number of hydrogen-bond acceptors (Lipinski definition) is 3. The smallest absolute Gasteiger partial charge is 0.144 e. The van der Waals surface area contributed by atoms with Crippen molar-refractivity contribution in [2.75, 3.05) is 0 Å². The Bertz CT molecular complexity index is 679. The standard InChI is InChI=1S/C21H30O3/c1-13-9-15(3)23-17(13)11-20(5,6)19(22)21(7,8)12-18-14(2)10-16(4)24-18/h9-10H,11-12H2,1-8H3. The minimum absolute atomic E-state index is 0.233. The summed E-state index contributed by atoms with van der Waals surface area (Å²) >= 11 is 0. The summed E-state index contributed by atoms with van der Waals surface area (Å²) in [7, 11) is 0. The summed E-state index contributed by atoms with van der Waals surface area (Å²) in [6.07, 6.45) is 1.23. The van der Waals surface area contributed by atoms with E-state index in [0.717, 1.165) is 34.2 Å². The fourth-order valence-electron chi connectivity index (χ4n) is 3.61. The van der Waals surface area contributed by atoms with Crippen LogP contribution in [0.25, 0.3) is 0 Å². The van der Waals surface area contributed by atoms with Gasteiger partial charge in [-0.25, -0.2) is 0 Å². The Balaban J connectivity index is 2.20. The van der Waals surface area contributed by atoms with Crippen LogP contribution in [0.5, 0.6) is 0 Å². The van der Waals surface area contributed by atoms with E-state index in [2.05, 4.69) is 0 Å². The van der Waals surface area contributed by atoms with E-state index in [1.807, 2.05) is 67.5 Å². The van der Waals surface area contributed by atoms with Gasteiger partial charge in [-0.2, -0.15) is 0 Å². The van der Waals surface area contributed by atoms with Crippen LogP contribution < -0.4 is 0 Å². The van der Waals surface area contributed by atoms with Crippen LogP contribution in [0.3, 0.4) is 0 Å². The van der Waals surface area contributed by atoms with Crippen molar-refractivity contribution in [3.05, 3.63) is 46.3 Å². The van der Waals surface area contributed by atoms with E-state index in [4.69, 9.17) is 8.83 Å².